The molecule has 7 heteroatoms. The predicted octanol–water partition coefficient (Wildman–Crippen LogP) is 5.44. The molecular weight excluding hydrogens is 368 g/mol. The van der Waals surface area contributed by atoms with Gasteiger partial charge in [0.25, 0.3) is 5.69 Å². The summed E-state index contributed by atoms with van der Waals surface area (Å²) in [5, 5.41) is 21.5. The number of hydrogen-bond acceptors (Lipinski definition) is 5. The van der Waals surface area contributed by atoms with E-state index in [-0.39, 0.29) is 11.6 Å². The summed E-state index contributed by atoms with van der Waals surface area (Å²) in [5.41, 5.74) is 3.64. The third-order valence-electron chi connectivity index (χ3n) is 5.06. The van der Waals surface area contributed by atoms with Crippen LogP contribution in [-0.4, -0.2) is 19.7 Å². The van der Waals surface area contributed by atoms with Gasteiger partial charge in [0, 0.05) is 51.6 Å². The standard InChI is InChI=1S/C22H16N4O3/c1-2-25-19-9-4-3-8-17(19)18-13-15(10-11-20(18)25)22-24-23-21(29-22)14-6-5-7-16(12-14)26(27)28/h3-13H,2H2,1H3. The molecule has 142 valence electrons. The summed E-state index contributed by atoms with van der Waals surface area (Å²) in [5.74, 6) is 0.626. The van der Waals surface area contributed by atoms with Gasteiger partial charge < -0.3 is 8.98 Å². The van der Waals surface area contributed by atoms with E-state index >= 15 is 0 Å². The van der Waals surface area contributed by atoms with Crippen LogP contribution in [0.15, 0.2) is 71.1 Å². The maximum Gasteiger partial charge on any atom is 0.270 e. The fourth-order valence-electron chi connectivity index (χ4n) is 3.74. The highest BCUT2D eigenvalue weighted by Gasteiger charge is 2.16. The lowest BCUT2D eigenvalue weighted by Crippen LogP contribution is -1.92. The van der Waals surface area contributed by atoms with E-state index in [4.69, 9.17) is 4.42 Å². The summed E-state index contributed by atoms with van der Waals surface area (Å²) in [6.07, 6.45) is 0. The number of nitro benzene ring substituents is 1. The molecule has 0 atom stereocenters. The fraction of sp³-hybridized carbons (Fsp3) is 0.0909. The highest BCUT2D eigenvalue weighted by atomic mass is 16.6. The van der Waals surface area contributed by atoms with Gasteiger partial charge in [0.05, 0.1) is 4.92 Å². The van der Waals surface area contributed by atoms with Crippen LogP contribution in [0, 0.1) is 10.1 Å². The Balaban J connectivity index is 1.61. The first-order chi connectivity index (χ1) is 14.2. The third kappa shape index (κ3) is 2.75. The maximum atomic E-state index is 11.0. The quantitative estimate of drug-likeness (QED) is 0.304. The summed E-state index contributed by atoms with van der Waals surface area (Å²) < 4.78 is 8.11. The second-order valence-corrected chi connectivity index (χ2v) is 6.71. The van der Waals surface area contributed by atoms with Crippen molar-refractivity contribution in [1.82, 2.24) is 14.8 Å². The number of aryl methyl sites for hydroxylation is 1. The molecule has 0 aliphatic rings. The molecule has 0 aliphatic carbocycles. The lowest BCUT2D eigenvalue weighted by atomic mass is 10.1. The molecule has 0 amide bonds. The number of fused-ring (bicyclic) bond motifs is 3. The fourth-order valence-corrected chi connectivity index (χ4v) is 3.74. The van der Waals surface area contributed by atoms with Crippen molar-refractivity contribution < 1.29 is 9.34 Å². The van der Waals surface area contributed by atoms with Gasteiger partial charge in [0.1, 0.15) is 0 Å². The second kappa shape index (κ2) is 6.56. The van der Waals surface area contributed by atoms with E-state index in [1.807, 2.05) is 18.2 Å². The first-order valence-electron chi connectivity index (χ1n) is 9.25. The van der Waals surface area contributed by atoms with E-state index in [2.05, 4.69) is 46.0 Å². The number of nitro groups is 1. The molecule has 0 spiro atoms. The van der Waals surface area contributed by atoms with Crippen molar-refractivity contribution in [3.63, 3.8) is 0 Å². The summed E-state index contributed by atoms with van der Waals surface area (Å²) in [7, 11) is 0. The molecule has 0 N–H and O–H groups in total. The van der Waals surface area contributed by atoms with Crippen molar-refractivity contribution in [2.24, 2.45) is 0 Å². The SMILES string of the molecule is CCn1c2ccccc2c2cc(-c3nnc(-c4cccc([N+](=O)[O-])c4)o3)ccc21. The molecular formula is C22H16N4O3. The van der Waals surface area contributed by atoms with Crippen LogP contribution in [0.25, 0.3) is 44.7 Å². The number of non-ortho nitro benzene ring substituents is 1. The van der Waals surface area contributed by atoms with E-state index in [1.54, 1.807) is 12.1 Å². The highest BCUT2D eigenvalue weighted by molar-refractivity contribution is 6.09. The second-order valence-electron chi connectivity index (χ2n) is 6.71. The molecule has 0 radical (unpaired) electrons. The number of para-hydroxylation sites is 1. The summed E-state index contributed by atoms with van der Waals surface area (Å²) in [6, 6.07) is 20.5. The van der Waals surface area contributed by atoms with Crippen LogP contribution >= 0.6 is 0 Å². The summed E-state index contributed by atoms with van der Waals surface area (Å²) in [4.78, 5) is 10.6. The Morgan fingerprint density at radius 1 is 0.897 bits per heavy atom. The summed E-state index contributed by atoms with van der Waals surface area (Å²) in [6.45, 7) is 3.00. The zero-order valence-electron chi connectivity index (χ0n) is 15.6. The van der Waals surface area contributed by atoms with Gasteiger partial charge in [0.15, 0.2) is 0 Å². The first kappa shape index (κ1) is 17.1. The molecule has 5 aromatic rings. The predicted molar refractivity (Wildman–Crippen MR) is 111 cm³/mol. The van der Waals surface area contributed by atoms with Crippen molar-refractivity contribution in [2.45, 2.75) is 13.5 Å². The van der Waals surface area contributed by atoms with Crippen LogP contribution in [0.5, 0.6) is 0 Å². The lowest BCUT2D eigenvalue weighted by Gasteiger charge is -2.02. The Bertz CT molecular complexity index is 1380. The Morgan fingerprint density at radius 2 is 1.62 bits per heavy atom. The minimum Gasteiger partial charge on any atom is -0.416 e. The third-order valence-corrected chi connectivity index (χ3v) is 5.06. The molecule has 0 fully saturated rings. The first-order valence-corrected chi connectivity index (χ1v) is 9.25. The Labute approximate surface area is 165 Å². The topological polar surface area (TPSA) is 87.0 Å². The van der Waals surface area contributed by atoms with Crippen molar-refractivity contribution in [3.8, 4) is 22.9 Å². The minimum atomic E-state index is -0.446. The highest BCUT2D eigenvalue weighted by Crippen LogP contribution is 2.33. The molecule has 2 aromatic heterocycles. The molecule has 0 saturated heterocycles. The van der Waals surface area contributed by atoms with Crippen molar-refractivity contribution in [2.75, 3.05) is 0 Å². The van der Waals surface area contributed by atoms with Crippen LogP contribution in [0.4, 0.5) is 5.69 Å². The van der Waals surface area contributed by atoms with E-state index in [1.165, 1.54) is 23.0 Å². The van der Waals surface area contributed by atoms with E-state index in [0.29, 0.717) is 11.5 Å². The molecule has 2 heterocycles. The molecule has 5 rings (SSSR count). The van der Waals surface area contributed by atoms with Gasteiger partial charge in [-0.15, -0.1) is 10.2 Å². The monoisotopic (exact) mass is 384 g/mol. The molecule has 0 unspecified atom stereocenters. The van der Waals surface area contributed by atoms with Crippen molar-refractivity contribution in [1.29, 1.82) is 0 Å². The van der Waals surface area contributed by atoms with Crippen LogP contribution in [0.1, 0.15) is 6.92 Å². The van der Waals surface area contributed by atoms with Gasteiger partial charge in [-0.1, -0.05) is 24.3 Å². The zero-order valence-corrected chi connectivity index (χ0v) is 15.6. The largest absolute Gasteiger partial charge is 0.416 e. The molecule has 0 aliphatic heterocycles. The number of hydrogen-bond donors (Lipinski definition) is 0. The molecule has 3 aromatic carbocycles. The van der Waals surface area contributed by atoms with Crippen molar-refractivity contribution in [3.05, 3.63) is 76.8 Å². The smallest absolute Gasteiger partial charge is 0.270 e. The lowest BCUT2D eigenvalue weighted by molar-refractivity contribution is -0.384. The van der Waals surface area contributed by atoms with Gasteiger partial charge in [-0.2, -0.15) is 0 Å². The normalized spacial score (nSPS) is 11.3. The van der Waals surface area contributed by atoms with Crippen LogP contribution < -0.4 is 0 Å². The Hall–Kier alpha value is -4.00. The molecule has 29 heavy (non-hydrogen) atoms. The van der Waals surface area contributed by atoms with E-state index in [0.717, 1.165) is 23.0 Å². The van der Waals surface area contributed by atoms with Gasteiger partial charge in [-0.3, -0.25) is 10.1 Å². The Morgan fingerprint density at radius 3 is 2.38 bits per heavy atom. The molecule has 7 nitrogen and oxygen atoms in total. The maximum absolute atomic E-state index is 11.0. The van der Waals surface area contributed by atoms with Gasteiger partial charge in [-0.25, -0.2) is 0 Å². The average Bonchev–Trinajstić information content (AvgIpc) is 3.36. The average molecular weight is 384 g/mol. The van der Waals surface area contributed by atoms with Gasteiger partial charge >= 0.3 is 0 Å². The number of aromatic nitrogens is 3. The van der Waals surface area contributed by atoms with Gasteiger partial charge in [0.2, 0.25) is 11.8 Å². The number of rotatable bonds is 4. The van der Waals surface area contributed by atoms with Crippen LogP contribution in [0.2, 0.25) is 0 Å². The van der Waals surface area contributed by atoms with E-state index in [9.17, 15) is 10.1 Å². The molecule has 0 bridgehead atoms. The minimum absolute atomic E-state index is 0.0176. The van der Waals surface area contributed by atoms with Crippen LogP contribution in [0.3, 0.4) is 0 Å². The Kier molecular flexibility index (Phi) is 3.87. The number of benzene rings is 3. The zero-order chi connectivity index (χ0) is 20.0. The number of nitrogens with zero attached hydrogens (tertiary/aromatic N) is 4. The molecule has 0 saturated carbocycles. The summed E-state index contributed by atoms with van der Waals surface area (Å²) >= 11 is 0. The van der Waals surface area contributed by atoms with E-state index < -0.39 is 4.92 Å². The van der Waals surface area contributed by atoms with Gasteiger partial charge in [-0.05, 0) is 37.3 Å². The van der Waals surface area contributed by atoms with Crippen LogP contribution in [-0.2, 0) is 6.54 Å². The van der Waals surface area contributed by atoms with Crippen molar-refractivity contribution >= 4 is 27.5 Å².